The van der Waals surface area contributed by atoms with Gasteiger partial charge in [0.25, 0.3) is 0 Å². The Hall–Kier alpha value is -4.42. The summed E-state index contributed by atoms with van der Waals surface area (Å²) in [6.45, 7) is 2.20. The number of benzene rings is 4. The van der Waals surface area contributed by atoms with Crippen LogP contribution in [0.5, 0.6) is 5.75 Å². The number of rotatable bonds is 7. The van der Waals surface area contributed by atoms with Crippen molar-refractivity contribution in [1.82, 2.24) is 9.88 Å². The Kier molecular flexibility index (Phi) is 6.86. The predicted molar refractivity (Wildman–Crippen MR) is 151 cm³/mol. The van der Waals surface area contributed by atoms with Crippen molar-refractivity contribution in [2.24, 2.45) is 0 Å². The summed E-state index contributed by atoms with van der Waals surface area (Å²) in [6.07, 6.45) is 0.977. The number of ether oxygens (including phenoxy) is 2. The molecule has 0 saturated carbocycles. The van der Waals surface area contributed by atoms with Crippen LogP contribution in [0, 0.1) is 5.82 Å². The van der Waals surface area contributed by atoms with Crippen LogP contribution < -0.4 is 10.1 Å². The van der Waals surface area contributed by atoms with Gasteiger partial charge in [0.15, 0.2) is 0 Å². The lowest BCUT2D eigenvalue weighted by Gasteiger charge is -2.18. The molecule has 1 fully saturated rings. The third-order valence-corrected chi connectivity index (χ3v) is 7.36. The number of esters is 1. The first kappa shape index (κ1) is 24.9. The third-order valence-electron chi connectivity index (χ3n) is 7.36. The molecular weight excluding hydrogens is 491 g/mol. The number of hydrogen-bond donors (Lipinski definition) is 1. The van der Waals surface area contributed by atoms with E-state index in [1.807, 2.05) is 66.7 Å². The highest BCUT2D eigenvalue weighted by Crippen LogP contribution is 2.46. The maximum absolute atomic E-state index is 14.0. The van der Waals surface area contributed by atoms with Crippen LogP contribution in [0.3, 0.4) is 0 Å². The largest absolute Gasteiger partial charge is 0.488 e. The Bertz CT molecular complexity index is 1600. The number of fused-ring (bicyclic) bond motifs is 1. The van der Waals surface area contributed by atoms with E-state index >= 15 is 0 Å². The average molecular weight is 521 g/mol. The number of nitrogens with zero attached hydrogens (tertiary/aromatic N) is 1. The lowest BCUT2D eigenvalue weighted by molar-refractivity contribution is 0.0600. The van der Waals surface area contributed by atoms with Crippen LogP contribution in [0.1, 0.15) is 34.0 Å². The summed E-state index contributed by atoms with van der Waals surface area (Å²) in [5, 5.41) is 4.50. The first-order valence-electron chi connectivity index (χ1n) is 13.1. The van der Waals surface area contributed by atoms with Gasteiger partial charge in [-0.1, -0.05) is 48.5 Å². The Morgan fingerprint density at radius 3 is 2.41 bits per heavy atom. The monoisotopic (exact) mass is 520 g/mol. The van der Waals surface area contributed by atoms with Crippen LogP contribution in [0.2, 0.25) is 0 Å². The molecule has 0 spiro atoms. The molecule has 39 heavy (non-hydrogen) atoms. The molecule has 5 nitrogen and oxygen atoms in total. The fraction of sp³-hybridized carbons (Fsp3) is 0.182. The molecule has 1 saturated heterocycles. The van der Waals surface area contributed by atoms with E-state index in [0.717, 1.165) is 64.2 Å². The minimum absolute atomic E-state index is 0.236. The number of hydrogen-bond acceptors (Lipinski definition) is 4. The quantitative estimate of drug-likeness (QED) is 0.238. The number of carbonyl (C=O) groups is 1. The number of halogens is 1. The maximum Gasteiger partial charge on any atom is 0.337 e. The van der Waals surface area contributed by atoms with Gasteiger partial charge >= 0.3 is 5.97 Å². The average Bonchev–Trinajstić information content (AvgIpc) is 3.63. The maximum atomic E-state index is 14.0. The highest BCUT2D eigenvalue weighted by molar-refractivity contribution is 6.04. The van der Waals surface area contributed by atoms with Crippen molar-refractivity contribution in [2.75, 3.05) is 20.2 Å². The second-order valence-corrected chi connectivity index (χ2v) is 9.76. The second-order valence-electron chi connectivity index (χ2n) is 9.76. The Morgan fingerprint density at radius 1 is 0.949 bits per heavy atom. The van der Waals surface area contributed by atoms with Gasteiger partial charge in [0.05, 0.1) is 23.6 Å². The van der Waals surface area contributed by atoms with Crippen molar-refractivity contribution in [2.45, 2.75) is 18.9 Å². The summed E-state index contributed by atoms with van der Waals surface area (Å²) in [5.41, 5.74) is 6.63. The zero-order valence-corrected chi connectivity index (χ0v) is 21.7. The fourth-order valence-electron chi connectivity index (χ4n) is 5.51. The fourth-order valence-corrected chi connectivity index (χ4v) is 5.51. The molecule has 0 aliphatic carbocycles. The highest BCUT2D eigenvalue weighted by Gasteiger charge is 2.30. The SMILES string of the molecule is COC(=O)c1ccc(-c2c(C3CCNC3)n(-c3ccc(F)cc3)c3cccc(OCc4ccccc4)c23)cc1. The van der Waals surface area contributed by atoms with Crippen molar-refractivity contribution >= 4 is 16.9 Å². The molecule has 4 aromatic carbocycles. The molecule has 1 atom stereocenters. The van der Waals surface area contributed by atoms with E-state index in [2.05, 4.69) is 16.0 Å². The van der Waals surface area contributed by atoms with Crippen LogP contribution >= 0.6 is 0 Å². The Balaban J connectivity index is 1.60. The molecular formula is C33H29FN2O3. The molecule has 0 amide bonds. The summed E-state index contributed by atoms with van der Waals surface area (Å²) in [5.74, 6) is 0.364. The zero-order chi connectivity index (χ0) is 26.8. The zero-order valence-electron chi connectivity index (χ0n) is 21.7. The van der Waals surface area contributed by atoms with E-state index in [-0.39, 0.29) is 17.7 Å². The Morgan fingerprint density at radius 2 is 1.72 bits per heavy atom. The molecule has 196 valence electrons. The van der Waals surface area contributed by atoms with Crippen LogP contribution in [-0.4, -0.2) is 30.7 Å². The smallest absolute Gasteiger partial charge is 0.337 e. The van der Waals surface area contributed by atoms with Crippen molar-refractivity contribution in [3.8, 4) is 22.6 Å². The number of aromatic nitrogens is 1. The first-order valence-corrected chi connectivity index (χ1v) is 13.1. The van der Waals surface area contributed by atoms with E-state index in [4.69, 9.17) is 9.47 Å². The summed E-state index contributed by atoms with van der Waals surface area (Å²) in [7, 11) is 1.38. The van der Waals surface area contributed by atoms with Crippen molar-refractivity contribution < 1.29 is 18.7 Å². The van der Waals surface area contributed by atoms with E-state index < -0.39 is 0 Å². The molecule has 5 aromatic rings. The molecule has 6 rings (SSSR count). The molecule has 0 bridgehead atoms. The summed E-state index contributed by atoms with van der Waals surface area (Å²) in [6, 6.07) is 30.4. The lowest BCUT2D eigenvalue weighted by Crippen LogP contribution is -2.12. The standard InChI is InChI=1S/C33H29FN2O3/c1-38-33(37)24-12-10-23(11-13-24)30-31-28(8-5-9-29(31)39-21-22-6-3-2-4-7-22)36(27-16-14-26(34)15-17-27)32(30)25-18-19-35-20-25/h2-17,25,35H,18-21H2,1H3. The van der Waals surface area contributed by atoms with Gasteiger partial charge in [-0.2, -0.15) is 0 Å². The third kappa shape index (κ3) is 4.79. The van der Waals surface area contributed by atoms with Gasteiger partial charge in [-0.15, -0.1) is 0 Å². The van der Waals surface area contributed by atoms with Gasteiger partial charge < -0.3 is 19.4 Å². The van der Waals surface area contributed by atoms with E-state index in [9.17, 15) is 9.18 Å². The molecule has 2 heterocycles. The molecule has 1 aliphatic rings. The van der Waals surface area contributed by atoms with Crippen LogP contribution in [0.4, 0.5) is 4.39 Å². The molecule has 1 aliphatic heterocycles. The Labute approximate surface area is 226 Å². The van der Waals surface area contributed by atoms with Crippen LogP contribution in [0.25, 0.3) is 27.7 Å². The summed E-state index contributed by atoms with van der Waals surface area (Å²) >= 11 is 0. The number of nitrogens with one attached hydrogen (secondary N) is 1. The highest BCUT2D eigenvalue weighted by atomic mass is 19.1. The molecule has 1 unspecified atom stereocenters. The number of carbonyl (C=O) groups excluding carboxylic acids is 1. The van der Waals surface area contributed by atoms with Crippen molar-refractivity contribution in [3.05, 3.63) is 120 Å². The van der Waals surface area contributed by atoms with Crippen LogP contribution in [-0.2, 0) is 11.3 Å². The topological polar surface area (TPSA) is 52.5 Å². The normalized spacial score (nSPS) is 15.0. The van der Waals surface area contributed by atoms with Gasteiger partial charge in [0, 0.05) is 29.4 Å². The minimum Gasteiger partial charge on any atom is -0.488 e. The molecule has 1 N–H and O–H groups in total. The van der Waals surface area contributed by atoms with E-state index in [0.29, 0.717) is 12.2 Å². The second kappa shape index (κ2) is 10.8. The molecule has 6 heteroatoms. The van der Waals surface area contributed by atoms with E-state index in [1.54, 1.807) is 12.1 Å². The number of methoxy groups -OCH3 is 1. The van der Waals surface area contributed by atoms with Gasteiger partial charge in [-0.25, -0.2) is 9.18 Å². The molecule has 1 aromatic heterocycles. The summed E-state index contributed by atoms with van der Waals surface area (Å²) < 4.78 is 27.6. The van der Waals surface area contributed by atoms with Crippen LogP contribution in [0.15, 0.2) is 97.1 Å². The van der Waals surface area contributed by atoms with Crippen molar-refractivity contribution in [1.29, 1.82) is 0 Å². The van der Waals surface area contributed by atoms with Gasteiger partial charge in [0.1, 0.15) is 18.2 Å². The van der Waals surface area contributed by atoms with Gasteiger partial charge in [0.2, 0.25) is 0 Å². The molecule has 0 radical (unpaired) electrons. The predicted octanol–water partition coefficient (Wildman–Crippen LogP) is 6.88. The first-order chi connectivity index (χ1) is 19.1. The van der Waals surface area contributed by atoms with Gasteiger partial charge in [-0.05, 0) is 72.6 Å². The van der Waals surface area contributed by atoms with E-state index in [1.165, 1.54) is 19.2 Å². The van der Waals surface area contributed by atoms with Crippen molar-refractivity contribution in [3.63, 3.8) is 0 Å². The lowest BCUT2D eigenvalue weighted by atomic mass is 9.93. The van der Waals surface area contributed by atoms with Gasteiger partial charge in [-0.3, -0.25) is 0 Å². The minimum atomic E-state index is -0.373. The summed E-state index contributed by atoms with van der Waals surface area (Å²) in [4.78, 5) is 12.2.